The number of hydrogen-bond acceptors (Lipinski definition) is 3. The summed E-state index contributed by atoms with van der Waals surface area (Å²) in [5.74, 6) is 0.446. The lowest BCUT2D eigenvalue weighted by Gasteiger charge is -2.19. The lowest BCUT2D eigenvalue weighted by atomic mass is 9.95. The Hall–Kier alpha value is -2.96. The topological polar surface area (TPSA) is 79.6 Å². The lowest BCUT2D eigenvalue weighted by molar-refractivity contribution is -0.384. The Kier molecular flexibility index (Phi) is 5.69. The monoisotopic (exact) mass is 370 g/mol. The summed E-state index contributed by atoms with van der Waals surface area (Å²) in [5, 5.41) is 17.4. The molecular formula is C20H23FN4O2. The van der Waals surface area contributed by atoms with Crippen molar-refractivity contribution in [2.24, 2.45) is 4.99 Å². The number of nitro benzene ring substituents is 1. The predicted molar refractivity (Wildman–Crippen MR) is 103 cm³/mol. The van der Waals surface area contributed by atoms with E-state index in [0.29, 0.717) is 25.6 Å². The molecule has 0 unspecified atom stereocenters. The minimum atomic E-state index is -0.415. The second-order valence-corrected chi connectivity index (χ2v) is 6.74. The number of non-ortho nitro benzene ring substituents is 1. The zero-order valence-electron chi connectivity index (χ0n) is 15.2. The normalized spacial score (nSPS) is 15.3. The van der Waals surface area contributed by atoms with Gasteiger partial charge < -0.3 is 10.6 Å². The fraction of sp³-hybridized carbons (Fsp3) is 0.350. The summed E-state index contributed by atoms with van der Waals surface area (Å²) < 4.78 is 14.1. The van der Waals surface area contributed by atoms with Gasteiger partial charge in [0.05, 0.1) is 11.5 Å². The third kappa shape index (κ3) is 4.61. The first-order valence-electron chi connectivity index (χ1n) is 9.04. The SMILES string of the molecule is CCNC(=NCc1cccc([N+](=O)[O-])c1)NCC1(c2ccccc2F)CC1. The highest BCUT2D eigenvalue weighted by atomic mass is 19.1. The summed E-state index contributed by atoms with van der Waals surface area (Å²) in [4.78, 5) is 15.0. The van der Waals surface area contributed by atoms with Crippen molar-refractivity contribution in [3.63, 3.8) is 0 Å². The van der Waals surface area contributed by atoms with E-state index in [-0.39, 0.29) is 16.9 Å². The summed E-state index contributed by atoms with van der Waals surface area (Å²) in [6.07, 6.45) is 1.87. The molecule has 0 radical (unpaired) electrons. The molecule has 2 aromatic carbocycles. The zero-order chi connectivity index (χ0) is 19.3. The van der Waals surface area contributed by atoms with E-state index in [2.05, 4.69) is 15.6 Å². The maximum Gasteiger partial charge on any atom is 0.269 e. The second-order valence-electron chi connectivity index (χ2n) is 6.74. The Morgan fingerprint density at radius 1 is 1.22 bits per heavy atom. The molecule has 0 atom stereocenters. The summed E-state index contributed by atoms with van der Waals surface area (Å²) in [7, 11) is 0. The molecular weight excluding hydrogens is 347 g/mol. The lowest BCUT2D eigenvalue weighted by Crippen LogP contribution is -2.41. The molecule has 0 saturated heterocycles. The molecule has 1 saturated carbocycles. The smallest absolute Gasteiger partial charge is 0.269 e. The molecule has 2 N–H and O–H groups in total. The van der Waals surface area contributed by atoms with Crippen LogP contribution in [0.25, 0.3) is 0 Å². The van der Waals surface area contributed by atoms with E-state index in [1.54, 1.807) is 12.1 Å². The molecule has 7 heteroatoms. The highest BCUT2D eigenvalue weighted by Crippen LogP contribution is 2.48. The van der Waals surface area contributed by atoms with Gasteiger partial charge in [-0.25, -0.2) is 9.38 Å². The fourth-order valence-electron chi connectivity index (χ4n) is 3.12. The van der Waals surface area contributed by atoms with Crippen molar-refractivity contribution in [1.29, 1.82) is 0 Å². The number of aliphatic imine (C=N–C) groups is 1. The molecule has 1 aliphatic rings. The van der Waals surface area contributed by atoms with Crippen molar-refractivity contribution >= 4 is 11.6 Å². The molecule has 3 rings (SSSR count). The van der Waals surface area contributed by atoms with Crippen LogP contribution in [-0.4, -0.2) is 24.0 Å². The third-order valence-electron chi connectivity index (χ3n) is 4.78. The number of nitro groups is 1. The molecule has 1 aliphatic carbocycles. The van der Waals surface area contributed by atoms with Gasteiger partial charge in [0.2, 0.25) is 0 Å². The molecule has 0 amide bonds. The van der Waals surface area contributed by atoms with Gasteiger partial charge >= 0.3 is 0 Å². The number of guanidine groups is 1. The third-order valence-corrected chi connectivity index (χ3v) is 4.78. The first-order valence-corrected chi connectivity index (χ1v) is 9.04. The molecule has 0 aliphatic heterocycles. The van der Waals surface area contributed by atoms with Crippen LogP contribution in [0, 0.1) is 15.9 Å². The van der Waals surface area contributed by atoms with E-state index in [0.717, 1.165) is 24.0 Å². The summed E-state index contributed by atoms with van der Waals surface area (Å²) in [6, 6.07) is 13.3. The quantitative estimate of drug-likeness (QED) is 0.338. The van der Waals surface area contributed by atoms with Gasteiger partial charge in [-0.3, -0.25) is 10.1 Å². The zero-order valence-corrected chi connectivity index (χ0v) is 15.2. The van der Waals surface area contributed by atoms with Crippen molar-refractivity contribution in [3.05, 3.63) is 75.6 Å². The van der Waals surface area contributed by atoms with Crippen molar-refractivity contribution in [2.45, 2.75) is 31.7 Å². The van der Waals surface area contributed by atoms with Gasteiger partial charge in [-0.1, -0.05) is 30.3 Å². The number of benzene rings is 2. The second kappa shape index (κ2) is 8.16. The Morgan fingerprint density at radius 3 is 2.67 bits per heavy atom. The molecule has 0 spiro atoms. The molecule has 0 bridgehead atoms. The molecule has 27 heavy (non-hydrogen) atoms. The van der Waals surface area contributed by atoms with E-state index < -0.39 is 4.92 Å². The molecule has 142 valence electrons. The standard InChI is InChI=1S/C20H23FN4O2/c1-2-22-19(23-13-15-6-5-7-16(12-15)25(26)27)24-14-20(10-11-20)17-8-3-4-9-18(17)21/h3-9,12H,2,10-11,13-14H2,1H3,(H2,22,23,24). The summed E-state index contributed by atoms with van der Waals surface area (Å²) >= 11 is 0. The van der Waals surface area contributed by atoms with Crippen molar-refractivity contribution in [2.75, 3.05) is 13.1 Å². The van der Waals surface area contributed by atoms with Crippen molar-refractivity contribution in [1.82, 2.24) is 10.6 Å². The van der Waals surface area contributed by atoms with Gasteiger partial charge in [-0.05, 0) is 37.0 Å². The van der Waals surface area contributed by atoms with Gasteiger partial charge in [-0.2, -0.15) is 0 Å². The number of halogens is 1. The van der Waals surface area contributed by atoms with Crippen LogP contribution in [0.2, 0.25) is 0 Å². The predicted octanol–water partition coefficient (Wildman–Crippen LogP) is 3.52. The summed E-state index contributed by atoms with van der Waals surface area (Å²) in [6.45, 7) is 3.57. The largest absolute Gasteiger partial charge is 0.357 e. The fourth-order valence-corrected chi connectivity index (χ4v) is 3.12. The number of nitrogens with one attached hydrogen (secondary N) is 2. The number of hydrogen-bond donors (Lipinski definition) is 2. The average molecular weight is 370 g/mol. The van der Waals surface area contributed by atoms with E-state index in [1.807, 2.05) is 25.1 Å². The van der Waals surface area contributed by atoms with Gasteiger partial charge in [0.1, 0.15) is 5.82 Å². The van der Waals surface area contributed by atoms with Crippen LogP contribution in [0.5, 0.6) is 0 Å². The van der Waals surface area contributed by atoms with Crippen LogP contribution >= 0.6 is 0 Å². The minimum absolute atomic E-state index is 0.0529. The van der Waals surface area contributed by atoms with Crippen LogP contribution in [-0.2, 0) is 12.0 Å². The number of rotatable bonds is 7. The molecule has 1 fully saturated rings. The first kappa shape index (κ1) is 18.8. The van der Waals surface area contributed by atoms with Crippen LogP contribution in [0.3, 0.4) is 0 Å². The average Bonchev–Trinajstić information content (AvgIpc) is 3.45. The Bertz CT molecular complexity index is 849. The van der Waals surface area contributed by atoms with Crippen LogP contribution in [0.4, 0.5) is 10.1 Å². The van der Waals surface area contributed by atoms with E-state index in [4.69, 9.17) is 0 Å². The Morgan fingerprint density at radius 2 is 2.00 bits per heavy atom. The van der Waals surface area contributed by atoms with E-state index in [9.17, 15) is 14.5 Å². The first-order chi connectivity index (χ1) is 13.0. The molecule has 0 heterocycles. The highest BCUT2D eigenvalue weighted by Gasteiger charge is 2.45. The summed E-state index contributed by atoms with van der Waals surface area (Å²) in [5.41, 5.74) is 1.37. The van der Waals surface area contributed by atoms with Gasteiger partial charge in [0, 0.05) is 30.6 Å². The maximum atomic E-state index is 14.1. The van der Waals surface area contributed by atoms with Crippen LogP contribution < -0.4 is 10.6 Å². The minimum Gasteiger partial charge on any atom is -0.357 e. The van der Waals surface area contributed by atoms with Crippen LogP contribution in [0.1, 0.15) is 30.9 Å². The number of nitrogens with zero attached hydrogens (tertiary/aromatic N) is 2. The van der Waals surface area contributed by atoms with Crippen molar-refractivity contribution < 1.29 is 9.31 Å². The van der Waals surface area contributed by atoms with Gasteiger partial charge in [-0.15, -0.1) is 0 Å². The highest BCUT2D eigenvalue weighted by molar-refractivity contribution is 5.80. The molecule has 2 aromatic rings. The van der Waals surface area contributed by atoms with Crippen molar-refractivity contribution in [3.8, 4) is 0 Å². The Labute approximate surface area is 157 Å². The molecule has 0 aromatic heterocycles. The maximum absolute atomic E-state index is 14.1. The van der Waals surface area contributed by atoms with Gasteiger partial charge in [0.15, 0.2) is 5.96 Å². The van der Waals surface area contributed by atoms with Crippen LogP contribution in [0.15, 0.2) is 53.5 Å². The molecule has 6 nitrogen and oxygen atoms in total. The van der Waals surface area contributed by atoms with E-state index >= 15 is 0 Å². The van der Waals surface area contributed by atoms with E-state index in [1.165, 1.54) is 18.2 Å². The van der Waals surface area contributed by atoms with Gasteiger partial charge in [0.25, 0.3) is 5.69 Å². The Balaban J connectivity index is 1.67.